The molecule has 2 aromatic heterocycles. The van der Waals surface area contributed by atoms with E-state index in [1.807, 2.05) is 54.6 Å². The molecule has 5 heteroatoms. The maximum atomic E-state index is 12.6. The molecule has 0 saturated heterocycles. The number of benzene rings is 1. The third-order valence-electron chi connectivity index (χ3n) is 3.89. The smallest absolute Gasteiger partial charge is 0.270 e. The molecule has 0 atom stereocenters. The number of carbonyl (C=O) groups is 1. The highest BCUT2D eigenvalue weighted by Crippen LogP contribution is 2.23. The van der Waals surface area contributed by atoms with E-state index >= 15 is 0 Å². The maximum absolute atomic E-state index is 12.6. The number of rotatable bonds is 6. The lowest BCUT2D eigenvalue weighted by molar-refractivity contribution is 0.0950. The van der Waals surface area contributed by atoms with Crippen molar-refractivity contribution in [1.82, 2.24) is 15.3 Å². The fourth-order valence-electron chi connectivity index (χ4n) is 2.62. The summed E-state index contributed by atoms with van der Waals surface area (Å²) in [6, 6.07) is 17.3. The first-order valence-electron chi connectivity index (χ1n) is 8.20. The molecule has 0 aliphatic rings. The van der Waals surface area contributed by atoms with Crippen LogP contribution in [0.5, 0.6) is 0 Å². The summed E-state index contributed by atoms with van der Waals surface area (Å²) in [6.07, 6.45) is 4.06. The third-order valence-corrected chi connectivity index (χ3v) is 3.89. The van der Waals surface area contributed by atoms with Crippen LogP contribution in [0.15, 0.2) is 67.0 Å². The Balaban J connectivity index is 1.74. The topological polar surface area (TPSA) is 80.9 Å². The molecule has 25 heavy (non-hydrogen) atoms. The van der Waals surface area contributed by atoms with Crippen LogP contribution in [0.1, 0.15) is 21.7 Å². The van der Waals surface area contributed by atoms with E-state index in [0.717, 1.165) is 22.4 Å². The zero-order valence-corrected chi connectivity index (χ0v) is 13.9. The minimum Gasteiger partial charge on any atom is -0.350 e. The van der Waals surface area contributed by atoms with Gasteiger partial charge in [0.2, 0.25) is 0 Å². The monoisotopic (exact) mass is 332 g/mol. The van der Waals surface area contributed by atoms with Gasteiger partial charge in [0.15, 0.2) is 0 Å². The summed E-state index contributed by atoms with van der Waals surface area (Å²) in [4.78, 5) is 21.1. The van der Waals surface area contributed by atoms with Crippen LogP contribution >= 0.6 is 0 Å². The van der Waals surface area contributed by atoms with Crippen LogP contribution in [0.25, 0.3) is 11.1 Å². The normalized spacial score (nSPS) is 10.4. The van der Waals surface area contributed by atoms with Crippen molar-refractivity contribution in [3.05, 3.63) is 83.9 Å². The minimum atomic E-state index is -0.190. The second-order valence-corrected chi connectivity index (χ2v) is 5.63. The summed E-state index contributed by atoms with van der Waals surface area (Å²) in [5.74, 6) is -0.190. The Morgan fingerprint density at radius 3 is 2.68 bits per heavy atom. The van der Waals surface area contributed by atoms with Crippen LogP contribution in [0, 0.1) is 0 Å². The molecule has 3 N–H and O–H groups in total. The highest BCUT2D eigenvalue weighted by molar-refractivity contribution is 5.98. The first-order valence-corrected chi connectivity index (χ1v) is 8.20. The highest BCUT2D eigenvalue weighted by atomic mass is 16.1. The van der Waals surface area contributed by atoms with E-state index in [4.69, 9.17) is 5.73 Å². The number of carbonyl (C=O) groups excluding carboxylic acids is 1. The Bertz CT molecular complexity index is 849. The molecule has 126 valence electrons. The Kier molecular flexibility index (Phi) is 5.49. The standard InChI is InChI=1S/C20H20N4O/c21-14-15-5-3-6-16(13-15)18-8-4-11-23-19(18)20(25)24-12-9-17-7-1-2-10-22-17/h1-8,10-11,13H,9,12,14,21H2,(H,24,25). The van der Waals surface area contributed by atoms with E-state index in [0.29, 0.717) is 25.2 Å². The van der Waals surface area contributed by atoms with Gasteiger partial charge in [-0.25, -0.2) is 0 Å². The van der Waals surface area contributed by atoms with Gasteiger partial charge in [0.05, 0.1) is 0 Å². The molecule has 0 saturated carbocycles. The van der Waals surface area contributed by atoms with Gasteiger partial charge in [-0.1, -0.05) is 30.3 Å². The molecular formula is C20H20N4O. The number of nitrogens with zero attached hydrogens (tertiary/aromatic N) is 2. The van der Waals surface area contributed by atoms with E-state index in [-0.39, 0.29) is 5.91 Å². The van der Waals surface area contributed by atoms with Gasteiger partial charge in [-0.05, 0) is 35.4 Å². The Hall–Kier alpha value is -3.05. The van der Waals surface area contributed by atoms with Crippen LogP contribution in [-0.2, 0) is 13.0 Å². The maximum Gasteiger partial charge on any atom is 0.270 e. The fourth-order valence-corrected chi connectivity index (χ4v) is 2.62. The van der Waals surface area contributed by atoms with Crippen LogP contribution in [0.4, 0.5) is 0 Å². The average molecular weight is 332 g/mol. The number of pyridine rings is 2. The number of nitrogens with one attached hydrogen (secondary N) is 1. The van der Waals surface area contributed by atoms with Gasteiger partial charge < -0.3 is 11.1 Å². The Morgan fingerprint density at radius 2 is 1.88 bits per heavy atom. The van der Waals surface area contributed by atoms with Crippen molar-refractivity contribution in [2.24, 2.45) is 5.73 Å². The van der Waals surface area contributed by atoms with E-state index in [2.05, 4.69) is 15.3 Å². The highest BCUT2D eigenvalue weighted by Gasteiger charge is 2.14. The van der Waals surface area contributed by atoms with E-state index in [1.165, 1.54) is 0 Å². The predicted molar refractivity (Wildman–Crippen MR) is 97.8 cm³/mol. The predicted octanol–water partition coefficient (Wildman–Crippen LogP) is 2.57. The van der Waals surface area contributed by atoms with Gasteiger partial charge in [0, 0.05) is 43.2 Å². The summed E-state index contributed by atoms with van der Waals surface area (Å²) in [6.45, 7) is 0.967. The van der Waals surface area contributed by atoms with Crippen molar-refractivity contribution in [3.63, 3.8) is 0 Å². The molecule has 1 aromatic carbocycles. The molecule has 5 nitrogen and oxygen atoms in total. The quantitative estimate of drug-likeness (QED) is 0.727. The molecule has 0 fully saturated rings. The van der Waals surface area contributed by atoms with E-state index in [1.54, 1.807) is 12.4 Å². The van der Waals surface area contributed by atoms with Gasteiger partial charge in [-0.15, -0.1) is 0 Å². The number of nitrogens with two attached hydrogens (primary N) is 1. The van der Waals surface area contributed by atoms with Gasteiger partial charge in [0.25, 0.3) is 5.91 Å². The Morgan fingerprint density at radius 1 is 1.00 bits per heavy atom. The largest absolute Gasteiger partial charge is 0.350 e. The van der Waals surface area contributed by atoms with Gasteiger partial charge in [-0.2, -0.15) is 0 Å². The molecule has 0 spiro atoms. The van der Waals surface area contributed by atoms with Crippen LogP contribution in [-0.4, -0.2) is 22.4 Å². The number of hydrogen-bond donors (Lipinski definition) is 2. The summed E-state index contributed by atoms with van der Waals surface area (Å²) in [5.41, 5.74) is 9.83. The minimum absolute atomic E-state index is 0.190. The van der Waals surface area contributed by atoms with Crippen molar-refractivity contribution in [1.29, 1.82) is 0 Å². The molecular weight excluding hydrogens is 312 g/mol. The molecule has 0 radical (unpaired) electrons. The third kappa shape index (κ3) is 4.28. The molecule has 2 heterocycles. The lowest BCUT2D eigenvalue weighted by atomic mass is 10.0. The zero-order chi connectivity index (χ0) is 17.5. The van der Waals surface area contributed by atoms with Crippen LogP contribution < -0.4 is 11.1 Å². The molecule has 3 aromatic rings. The van der Waals surface area contributed by atoms with Crippen molar-refractivity contribution >= 4 is 5.91 Å². The Labute approximate surface area is 146 Å². The molecule has 1 amide bonds. The first kappa shape index (κ1) is 16.8. The van der Waals surface area contributed by atoms with Gasteiger partial charge >= 0.3 is 0 Å². The second kappa shape index (κ2) is 8.17. The average Bonchev–Trinajstić information content (AvgIpc) is 2.69. The molecule has 0 bridgehead atoms. The molecule has 0 aliphatic heterocycles. The van der Waals surface area contributed by atoms with Crippen LogP contribution in [0.3, 0.4) is 0 Å². The van der Waals surface area contributed by atoms with Crippen molar-refractivity contribution in [2.75, 3.05) is 6.54 Å². The van der Waals surface area contributed by atoms with Crippen molar-refractivity contribution in [2.45, 2.75) is 13.0 Å². The summed E-state index contributed by atoms with van der Waals surface area (Å²) >= 11 is 0. The van der Waals surface area contributed by atoms with Crippen molar-refractivity contribution < 1.29 is 4.79 Å². The van der Waals surface area contributed by atoms with Crippen LogP contribution in [0.2, 0.25) is 0 Å². The zero-order valence-electron chi connectivity index (χ0n) is 13.9. The van der Waals surface area contributed by atoms with Crippen molar-refractivity contribution in [3.8, 4) is 11.1 Å². The van der Waals surface area contributed by atoms with E-state index in [9.17, 15) is 4.79 Å². The first-order chi connectivity index (χ1) is 12.3. The lowest BCUT2D eigenvalue weighted by Gasteiger charge is -2.10. The fraction of sp³-hybridized carbons (Fsp3) is 0.150. The lowest BCUT2D eigenvalue weighted by Crippen LogP contribution is -2.27. The summed E-state index contributed by atoms with van der Waals surface area (Å²) in [5, 5.41) is 2.92. The second-order valence-electron chi connectivity index (χ2n) is 5.63. The van der Waals surface area contributed by atoms with E-state index < -0.39 is 0 Å². The summed E-state index contributed by atoms with van der Waals surface area (Å²) < 4.78 is 0. The molecule has 0 aliphatic carbocycles. The molecule has 0 unspecified atom stereocenters. The summed E-state index contributed by atoms with van der Waals surface area (Å²) in [7, 11) is 0. The number of hydrogen-bond acceptors (Lipinski definition) is 4. The number of aromatic nitrogens is 2. The van der Waals surface area contributed by atoms with Gasteiger partial charge in [0.1, 0.15) is 5.69 Å². The molecule has 3 rings (SSSR count). The number of amides is 1. The van der Waals surface area contributed by atoms with Gasteiger partial charge in [-0.3, -0.25) is 14.8 Å². The SMILES string of the molecule is NCc1cccc(-c2cccnc2C(=O)NCCc2ccccn2)c1.